The van der Waals surface area contributed by atoms with E-state index in [0.717, 1.165) is 18.6 Å². The van der Waals surface area contributed by atoms with Gasteiger partial charge < -0.3 is 11.1 Å². The summed E-state index contributed by atoms with van der Waals surface area (Å²) in [5, 5.41) is 3.70. The fraction of sp³-hybridized carbons (Fsp3) is 0.909. The Morgan fingerprint density at radius 1 is 1.60 bits per heavy atom. The molecular formula is C11H24N2OS. The topological polar surface area (TPSA) is 55.1 Å². The van der Waals surface area contributed by atoms with Crippen molar-refractivity contribution in [1.29, 1.82) is 0 Å². The Balaban J connectivity index is 3.78. The second-order valence-corrected chi connectivity index (χ2v) is 5.69. The summed E-state index contributed by atoms with van der Waals surface area (Å²) >= 11 is 1.96. The van der Waals surface area contributed by atoms with E-state index in [2.05, 4.69) is 19.2 Å². The van der Waals surface area contributed by atoms with Crippen LogP contribution in [0.2, 0.25) is 0 Å². The van der Waals surface area contributed by atoms with Gasteiger partial charge in [0.2, 0.25) is 5.91 Å². The highest BCUT2D eigenvalue weighted by Crippen LogP contribution is 2.18. The molecule has 3 nitrogen and oxygen atoms in total. The van der Waals surface area contributed by atoms with Crippen molar-refractivity contribution in [3.8, 4) is 0 Å². The summed E-state index contributed by atoms with van der Waals surface area (Å²) in [6, 6.07) is 0. The van der Waals surface area contributed by atoms with Crippen LogP contribution < -0.4 is 11.1 Å². The van der Waals surface area contributed by atoms with E-state index in [1.807, 2.05) is 18.7 Å². The van der Waals surface area contributed by atoms with Crippen molar-refractivity contribution in [3.05, 3.63) is 0 Å². The van der Waals surface area contributed by atoms with E-state index < -0.39 is 5.54 Å². The molecule has 0 aliphatic rings. The smallest absolute Gasteiger partial charge is 0.237 e. The summed E-state index contributed by atoms with van der Waals surface area (Å²) in [6.07, 6.45) is 3.03. The lowest BCUT2D eigenvalue weighted by atomic mass is 9.96. The number of likely N-dealkylation sites (N-methyl/N-ethyl adjacent to an activating group) is 1. The average Bonchev–Trinajstić information content (AvgIpc) is 2.23. The number of primary amides is 1. The van der Waals surface area contributed by atoms with Crippen molar-refractivity contribution in [1.82, 2.24) is 5.32 Å². The number of nitrogens with two attached hydrogens (primary N) is 1. The van der Waals surface area contributed by atoms with Gasteiger partial charge in [-0.3, -0.25) is 4.79 Å². The molecule has 0 rings (SSSR count). The molecule has 0 aromatic carbocycles. The summed E-state index contributed by atoms with van der Waals surface area (Å²) in [4.78, 5) is 11.2. The molecule has 0 heterocycles. The van der Waals surface area contributed by atoms with Crippen molar-refractivity contribution in [2.75, 3.05) is 12.8 Å². The number of carbonyl (C=O) groups excluding carboxylic acids is 1. The molecule has 0 aromatic heterocycles. The Bertz CT molecular complexity index is 199. The van der Waals surface area contributed by atoms with Gasteiger partial charge in [-0.25, -0.2) is 0 Å². The molecular weight excluding hydrogens is 208 g/mol. The van der Waals surface area contributed by atoms with E-state index in [-0.39, 0.29) is 5.91 Å². The zero-order chi connectivity index (χ0) is 11.9. The first-order valence-corrected chi connectivity index (χ1v) is 6.61. The number of hydrogen-bond donors (Lipinski definition) is 2. The second-order valence-electron chi connectivity index (χ2n) is 4.14. The van der Waals surface area contributed by atoms with E-state index in [0.29, 0.717) is 5.25 Å². The zero-order valence-corrected chi connectivity index (χ0v) is 11.1. The molecule has 0 saturated carbocycles. The standard InChI is InChI=1S/C11H24N2OS/c1-5-9(2)15-8-6-7-11(3,13-4)10(12)14/h9,13H,5-8H2,1-4H3,(H2,12,14). The summed E-state index contributed by atoms with van der Waals surface area (Å²) in [5.41, 5.74) is 4.80. The molecule has 15 heavy (non-hydrogen) atoms. The van der Waals surface area contributed by atoms with Crippen LogP contribution in [-0.4, -0.2) is 29.5 Å². The van der Waals surface area contributed by atoms with Crippen molar-refractivity contribution >= 4 is 17.7 Å². The Morgan fingerprint density at radius 2 is 2.20 bits per heavy atom. The molecule has 2 atom stereocenters. The van der Waals surface area contributed by atoms with Gasteiger partial charge >= 0.3 is 0 Å². The van der Waals surface area contributed by atoms with Crippen LogP contribution in [-0.2, 0) is 4.79 Å². The largest absolute Gasteiger partial charge is 0.368 e. The summed E-state index contributed by atoms with van der Waals surface area (Å²) < 4.78 is 0. The molecule has 0 radical (unpaired) electrons. The van der Waals surface area contributed by atoms with Crippen LogP contribution in [0.1, 0.15) is 40.0 Å². The number of hydrogen-bond acceptors (Lipinski definition) is 3. The van der Waals surface area contributed by atoms with Gasteiger partial charge in [0.05, 0.1) is 5.54 Å². The average molecular weight is 232 g/mol. The summed E-state index contributed by atoms with van der Waals surface area (Å²) in [5.74, 6) is 0.832. The fourth-order valence-electron chi connectivity index (χ4n) is 1.20. The number of nitrogens with one attached hydrogen (secondary N) is 1. The minimum absolute atomic E-state index is 0.265. The minimum Gasteiger partial charge on any atom is -0.368 e. The zero-order valence-electron chi connectivity index (χ0n) is 10.3. The Labute approximate surface area is 97.6 Å². The molecule has 0 saturated heterocycles. The number of amides is 1. The molecule has 0 bridgehead atoms. The van der Waals surface area contributed by atoms with E-state index in [1.54, 1.807) is 7.05 Å². The monoisotopic (exact) mass is 232 g/mol. The maximum absolute atomic E-state index is 11.2. The van der Waals surface area contributed by atoms with Gasteiger partial charge in [-0.15, -0.1) is 0 Å². The molecule has 90 valence electrons. The van der Waals surface area contributed by atoms with Gasteiger partial charge in [-0.1, -0.05) is 13.8 Å². The number of thioether (sulfide) groups is 1. The van der Waals surface area contributed by atoms with Gasteiger partial charge in [0.1, 0.15) is 0 Å². The van der Waals surface area contributed by atoms with Gasteiger partial charge in [0.25, 0.3) is 0 Å². The van der Waals surface area contributed by atoms with Crippen LogP contribution in [0.15, 0.2) is 0 Å². The van der Waals surface area contributed by atoms with Crippen molar-refractivity contribution in [2.45, 2.75) is 50.8 Å². The van der Waals surface area contributed by atoms with Crippen molar-refractivity contribution in [2.24, 2.45) is 5.73 Å². The lowest BCUT2D eigenvalue weighted by Gasteiger charge is -2.25. The Kier molecular flexibility index (Phi) is 7.02. The highest BCUT2D eigenvalue weighted by Gasteiger charge is 2.27. The first kappa shape index (κ1) is 14.8. The third-order valence-corrected chi connectivity index (χ3v) is 4.32. The van der Waals surface area contributed by atoms with Gasteiger partial charge in [-0.05, 0) is 39.0 Å². The van der Waals surface area contributed by atoms with Crippen LogP contribution in [0.4, 0.5) is 0 Å². The van der Waals surface area contributed by atoms with Crippen LogP contribution >= 0.6 is 11.8 Å². The lowest BCUT2D eigenvalue weighted by molar-refractivity contribution is -0.123. The van der Waals surface area contributed by atoms with E-state index in [9.17, 15) is 4.79 Å². The van der Waals surface area contributed by atoms with Gasteiger partial charge in [0, 0.05) is 5.25 Å². The van der Waals surface area contributed by atoms with E-state index in [4.69, 9.17) is 5.73 Å². The fourth-order valence-corrected chi connectivity index (χ4v) is 2.15. The van der Waals surface area contributed by atoms with Gasteiger partial charge in [-0.2, -0.15) is 11.8 Å². The molecule has 4 heteroatoms. The molecule has 1 amide bonds. The van der Waals surface area contributed by atoms with Crippen molar-refractivity contribution < 1.29 is 4.79 Å². The first-order valence-electron chi connectivity index (χ1n) is 5.56. The maximum Gasteiger partial charge on any atom is 0.237 e. The highest BCUT2D eigenvalue weighted by atomic mass is 32.2. The third-order valence-electron chi connectivity index (χ3n) is 2.89. The predicted octanol–water partition coefficient (Wildman–Crippen LogP) is 1.76. The minimum atomic E-state index is -0.546. The quantitative estimate of drug-likeness (QED) is 0.627. The molecule has 0 spiro atoms. The van der Waals surface area contributed by atoms with Crippen LogP contribution in [0.25, 0.3) is 0 Å². The van der Waals surface area contributed by atoms with Crippen LogP contribution in [0.5, 0.6) is 0 Å². The van der Waals surface area contributed by atoms with Crippen LogP contribution in [0.3, 0.4) is 0 Å². The van der Waals surface area contributed by atoms with Gasteiger partial charge in [0.15, 0.2) is 0 Å². The van der Waals surface area contributed by atoms with E-state index >= 15 is 0 Å². The molecule has 0 aliphatic carbocycles. The van der Waals surface area contributed by atoms with Crippen LogP contribution in [0, 0.1) is 0 Å². The third kappa shape index (κ3) is 5.42. The van der Waals surface area contributed by atoms with Crippen molar-refractivity contribution in [3.63, 3.8) is 0 Å². The number of rotatable bonds is 8. The summed E-state index contributed by atoms with van der Waals surface area (Å²) in [7, 11) is 1.78. The highest BCUT2D eigenvalue weighted by molar-refractivity contribution is 7.99. The number of carbonyl (C=O) groups is 1. The first-order chi connectivity index (χ1) is 6.96. The normalized spacial score (nSPS) is 17.1. The molecule has 0 aliphatic heterocycles. The predicted molar refractivity (Wildman–Crippen MR) is 68.1 cm³/mol. The summed E-state index contributed by atoms with van der Waals surface area (Å²) in [6.45, 7) is 6.29. The Hall–Kier alpha value is -0.220. The second kappa shape index (κ2) is 7.12. The molecule has 0 aromatic rings. The molecule has 2 unspecified atom stereocenters. The SMILES string of the molecule is CCC(C)SCCCC(C)(NC)C(N)=O. The lowest BCUT2D eigenvalue weighted by Crippen LogP contribution is -2.51. The maximum atomic E-state index is 11.2. The molecule has 0 fully saturated rings. The molecule has 3 N–H and O–H groups in total. The van der Waals surface area contributed by atoms with E-state index in [1.165, 1.54) is 6.42 Å². The Morgan fingerprint density at radius 3 is 2.60 bits per heavy atom.